The number of rotatable bonds is 4. The van der Waals surface area contributed by atoms with Crippen LogP contribution in [0.3, 0.4) is 0 Å². The molecule has 0 radical (unpaired) electrons. The van der Waals surface area contributed by atoms with E-state index in [0.717, 1.165) is 42.5 Å². The molecule has 0 aliphatic carbocycles. The fourth-order valence-electron chi connectivity index (χ4n) is 3.39. The maximum Gasteiger partial charge on any atom is 0.169 e. The molecule has 27 heavy (non-hydrogen) atoms. The summed E-state index contributed by atoms with van der Waals surface area (Å²) >= 11 is 3.39. The first-order valence-electron chi connectivity index (χ1n) is 8.94. The molecular formula is C21H18N4S2. The molecule has 0 spiro atoms. The minimum atomic E-state index is 0.852. The molecule has 5 rings (SSSR count). The minimum Gasteiger partial charge on any atom is -0.294 e. The zero-order chi connectivity index (χ0) is 18.1. The molecule has 1 aliphatic heterocycles. The van der Waals surface area contributed by atoms with E-state index in [1.807, 2.05) is 18.5 Å². The van der Waals surface area contributed by atoms with Crippen molar-refractivity contribution < 1.29 is 0 Å². The smallest absolute Gasteiger partial charge is 0.169 e. The highest BCUT2D eigenvalue weighted by Gasteiger charge is 2.19. The van der Waals surface area contributed by atoms with Crippen LogP contribution >= 0.6 is 22.7 Å². The van der Waals surface area contributed by atoms with Gasteiger partial charge in [0, 0.05) is 55.0 Å². The van der Waals surface area contributed by atoms with Crippen molar-refractivity contribution in [2.75, 3.05) is 6.54 Å². The van der Waals surface area contributed by atoms with Gasteiger partial charge in [0.25, 0.3) is 0 Å². The van der Waals surface area contributed by atoms with Crippen molar-refractivity contribution in [3.8, 4) is 22.0 Å². The molecule has 5 heterocycles. The highest BCUT2D eigenvalue weighted by molar-refractivity contribution is 7.13. The number of pyridine rings is 1. The van der Waals surface area contributed by atoms with E-state index in [-0.39, 0.29) is 0 Å². The van der Waals surface area contributed by atoms with Gasteiger partial charge in [0.15, 0.2) is 5.82 Å². The molecule has 0 amide bonds. The number of fused-ring (bicyclic) bond motifs is 1. The van der Waals surface area contributed by atoms with Gasteiger partial charge in [0.05, 0.1) is 16.3 Å². The lowest BCUT2D eigenvalue weighted by Crippen LogP contribution is -2.31. The lowest BCUT2D eigenvalue weighted by molar-refractivity contribution is 0.242. The van der Waals surface area contributed by atoms with E-state index < -0.39 is 0 Å². The fraction of sp³-hybridized carbons (Fsp3) is 0.190. The maximum atomic E-state index is 4.80. The molecule has 0 N–H and O–H groups in total. The molecule has 0 saturated carbocycles. The Hall–Kier alpha value is -2.41. The van der Waals surface area contributed by atoms with Crippen LogP contribution in [0.5, 0.6) is 0 Å². The average molecular weight is 391 g/mol. The Morgan fingerprint density at radius 1 is 1.04 bits per heavy atom. The Bertz CT molecular complexity index is 1020. The van der Waals surface area contributed by atoms with Crippen LogP contribution in [0.15, 0.2) is 58.9 Å². The number of nitrogens with zero attached hydrogens (tertiary/aromatic N) is 4. The van der Waals surface area contributed by atoms with E-state index in [1.54, 1.807) is 22.7 Å². The van der Waals surface area contributed by atoms with Crippen molar-refractivity contribution >= 4 is 22.7 Å². The van der Waals surface area contributed by atoms with Crippen molar-refractivity contribution in [1.82, 2.24) is 19.9 Å². The second-order valence-corrected chi connectivity index (χ2v) is 8.39. The third kappa shape index (κ3) is 3.56. The summed E-state index contributed by atoms with van der Waals surface area (Å²) in [6.45, 7) is 2.82. The van der Waals surface area contributed by atoms with E-state index in [1.165, 1.54) is 22.4 Å². The average Bonchev–Trinajstić information content (AvgIpc) is 3.42. The van der Waals surface area contributed by atoms with Crippen molar-refractivity contribution in [3.63, 3.8) is 0 Å². The summed E-state index contributed by atoms with van der Waals surface area (Å²) in [5.41, 5.74) is 5.91. The maximum absolute atomic E-state index is 4.80. The Kier molecular flexibility index (Phi) is 4.53. The van der Waals surface area contributed by atoms with E-state index in [9.17, 15) is 0 Å². The third-order valence-corrected chi connectivity index (χ3v) is 6.35. The number of hydrogen-bond acceptors (Lipinski definition) is 6. The van der Waals surface area contributed by atoms with Crippen molar-refractivity contribution in [1.29, 1.82) is 0 Å². The molecule has 4 aromatic rings. The molecule has 0 aromatic carbocycles. The van der Waals surface area contributed by atoms with Crippen LogP contribution in [0.2, 0.25) is 0 Å². The summed E-state index contributed by atoms with van der Waals surface area (Å²) in [5.74, 6) is 0.852. The van der Waals surface area contributed by atoms with Gasteiger partial charge in [-0.1, -0.05) is 12.1 Å². The zero-order valence-corrected chi connectivity index (χ0v) is 16.3. The summed E-state index contributed by atoms with van der Waals surface area (Å²) in [7, 11) is 0. The van der Waals surface area contributed by atoms with Gasteiger partial charge < -0.3 is 0 Å². The quantitative estimate of drug-likeness (QED) is 0.498. The molecule has 0 unspecified atom stereocenters. The van der Waals surface area contributed by atoms with Gasteiger partial charge in [-0.05, 0) is 34.5 Å². The normalized spacial score (nSPS) is 14.2. The number of hydrogen-bond donors (Lipinski definition) is 0. The lowest BCUT2D eigenvalue weighted by Gasteiger charge is -2.28. The van der Waals surface area contributed by atoms with Crippen LogP contribution in [0.25, 0.3) is 22.0 Å². The zero-order valence-electron chi connectivity index (χ0n) is 14.7. The summed E-state index contributed by atoms with van der Waals surface area (Å²) in [5, 5.41) is 6.29. The van der Waals surface area contributed by atoms with Gasteiger partial charge in [0.1, 0.15) is 0 Å². The van der Waals surface area contributed by atoms with Gasteiger partial charge in [-0.3, -0.25) is 9.88 Å². The number of thiophene rings is 2. The van der Waals surface area contributed by atoms with Gasteiger partial charge in [-0.15, -0.1) is 11.3 Å². The van der Waals surface area contributed by atoms with Crippen LogP contribution in [0, 0.1) is 0 Å². The van der Waals surface area contributed by atoms with Crippen LogP contribution in [0.1, 0.15) is 16.8 Å². The van der Waals surface area contributed by atoms with Crippen LogP contribution in [-0.2, 0) is 19.5 Å². The Labute approximate surface area is 166 Å². The predicted octanol–water partition coefficient (Wildman–Crippen LogP) is 4.89. The molecular weight excluding hydrogens is 372 g/mol. The lowest BCUT2D eigenvalue weighted by atomic mass is 10.1. The van der Waals surface area contributed by atoms with Gasteiger partial charge in [0.2, 0.25) is 0 Å². The van der Waals surface area contributed by atoms with Crippen molar-refractivity contribution in [2.45, 2.75) is 19.5 Å². The molecule has 0 saturated heterocycles. The second kappa shape index (κ2) is 7.31. The summed E-state index contributed by atoms with van der Waals surface area (Å²) in [6.07, 6.45) is 4.97. The molecule has 1 aliphatic rings. The predicted molar refractivity (Wildman–Crippen MR) is 111 cm³/mol. The first kappa shape index (κ1) is 16.7. The number of aromatic nitrogens is 3. The molecule has 4 nitrogen and oxygen atoms in total. The third-order valence-electron chi connectivity index (χ3n) is 4.80. The molecule has 0 atom stereocenters. The van der Waals surface area contributed by atoms with E-state index in [2.05, 4.69) is 55.3 Å². The molecule has 0 bridgehead atoms. The molecule has 0 fully saturated rings. The molecule has 4 aromatic heterocycles. The summed E-state index contributed by atoms with van der Waals surface area (Å²) in [6, 6.07) is 10.5. The molecule has 134 valence electrons. The largest absolute Gasteiger partial charge is 0.294 e. The first-order valence-corrected chi connectivity index (χ1v) is 10.8. The highest BCUT2D eigenvalue weighted by atomic mass is 32.1. The second-order valence-electron chi connectivity index (χ2n) is 6.67. The van der Waals surface area contributed by atoms with Crippen LogP contribution in [-0.4, -0.2) is 26.4 Å². The Balaban J connectivity index is 1.28. The van der Waals surface area contributed by atoms with E-state index in [0.29, 0.717) is 0 Å². The molecule has 6 heteroatoms. The van der Waals surface area contributed by atoms with Gasteiger partial charge in [-0.2, -0.15) is 11.3 Å². The first-order chi connectivity index (χ1) is 13.3. The monoisotopic (exact) mass is 390 g/mol. The van der Waals surface area contributed by atoms with E-state index >= 15 is 0 Å². The Morgan fingerprint density at radius 2 is 2.04 bits per heavy atom. The van der Waals surface area contributed by atoms with Gasteiger partial charge in [-0.25, -0.2) is 9.97 Å². The van der Waals surface area contributed by atoms with Gasteiger partial charge >= 0.3 is 0 Å². The Morgan fingerprint density at radius 3 is 2.81 bits per heavy atom. The topological polar surface area (TPSA) is 41.9 Å². The summed E-state index contributed by atoms with van der Waals surface area (Å²) in [4.78, 5) is 17.6. The summed E-state index contributed by atoms with van der Waals surface area (Å²) < 4.78 is 0. The van der Waals surface area contributed by atoms with Crippen LogP contribution < -0.4 is 0 Å². The SMILES string of the molecule is c1csc(-c2ncc3c(n2)CCN(Cc2ccc(-c4ccsc4)nc2)C3)c1. The van der Waals surface area contributed by atoms with Crippen molar-refractivity contribution in [2.24, 2.45) is 0 Å². The highest BCUT2D eigenvalue weighted by Crippen LogP contribution is 2.25. The fourth-order valence-corrected chi connectivity index (χ4v) is 4.71. The van der Waals surface area contributed by atoms with Crippen LogP contribution in [0.4, 0.5) is 0 Å². The standard InChI is InChI=1S/C21H18N4S2/c1-2-20(27-8-1)21-23-11-17-13-25(7-5-19(17)24-21)12-15-3-4-18(22-10-15)16-6-9-26-14-16/h1-4,6,8-11,14H,5,7,12-13H2. The van der Waals surface area contributed by atoms with Crippen molar-refractivity contribution in [3.05, 3.63) is 75.7 Å². The minimum absolute atomic E-state index is 0.852. The van der Waals surface area contributed by atoms with E-state index in [4.69, 9.17) is 4.98 Å².